The minimum atomic E-state index is -0.269. The molecule has 1 heterocycles. The summed E-state index contributed by atoms with van der Waals surface area (Å²) in [6.07, 6.45) is 0.804. The fourth-order valence-electron chi connectivity index (χ4n) is 4.18. The normalized spacial score (nSPS) is 18.6. The second-order valence-electron chi connectivity index (χ2n) is 10.5. The molecule has 1 aliphatic rings. The van der Waals surface area contributed by atoms with Gasteiger partial charge in [0.2, 0.25) is 0 Å². The number of amidine groups is 1. The van der Waals surface area contributed by atoms with Crippen molar-refractivity contribution in [3.8, 4) is 5.75 Å². The summed E-state index contributed by atoms with van der Waals surface area (Å²) in [6.45, 7) is 13.4. The minimum absolute atomic E-state index is 0.0401. The molecule has 2 aromatic rings. The number of nitrogens with zero attached hydrogens (tertiary/aromatic N) is 2. The Labute approximate surface area is 194 Å². The Bertz CT molecular complexity index is 950. The van der Waals surface area contributed by atoms with E-state index in [-0.39, 0.29) is 23.2 Å². The topological polar surface area (TPSA) is 52.9 Å². The third kappa shape index (κ3) is 5.20. The summed E-state index contributed by atoms with van der Waals surface area (Å²) >= 11 is 3.25. The van der Waals surface area contributed by atoms with Crippen molar-refractivity contribution in [3.63, 3.8) is 0 Å². The first-order chi connectivity index (χ1) is 14.4. The summed E-state index contributed by atoms with van der Waals surface area (Å²) in [5, 5.41) is 10.9. The van der Waals surface area contributed by atoms with Crippen molar-refractivity contribution in [1.82, 2.24) is 4.90 Å². The van der Waals surface area contributed by atoms with Gasteiger partial charge in [0.15, 0.2) is 5.78 Å². The van der Waals surface area contributed by atoms with E-state index in [1.54, 1.807) is 0 Å². The van der Waals surface area contributed by atoms with Gasteiger partial charge in [0.25, 0.3) is 0 Å². The van der Waals surface area contributed by atoms with Crippen molar-refractivity contribution in [2.75, 3.05) is 13.1 Å². The number of halogens is 1. The van der Waals surface area contributed by atoms with E-state index < -0.39 is 0 Å². The number of rotatable bonds is 4. The lowest BCUT2D eigenvalue weighted by molar-refractivity contribution is 0.0965. The maximum absolute atomic E-state index is 13.4. The lowest BCUT2D eigenvalue weighted by Gasteiger charge is -2.28. The van der Waals surface area contributed by atoms with Crippen LogP contribution in [0.25, 0.3) is 0 Å². The van der Waals surface area contributed by atoms with Crippen LogP contribution in [0.5, 0.6) is 5.75 Å². The Morgan fingerprint density at radius 1 is 1.06 bits per heavy atom. The van der Waals surface area contributed by atoms with Crippen molar-refractivity contribution < 1.29 is 9.90 Å². The number of ketones is 1. The number of benzene rings is 2. The molecule has 1 N–H and O–H groups in total. The molecule has 4 nitrogen and oxygen atoms in total. The molecule has 2 aromatic carbocycles. The Hall–Kier alpha value is -2.14. The summed E-state index contributed by atoms with van der Waals surface area (Å²) in [6, 6.07) is 14.1. The quantitative estimate of drug-likeness (QED) is 0.512. The molecule has 1 atom stereocenters. The Balaban J connectivity index is 1.91. The maximum Gasteiger partial charge on any atom is 0.182 e. The first kappa shape index (κ1) is 23.5. The van der Waals surface area contributed by atoms with Crippen LogP contribution >= 0.6 is 16.1 Å². The van der Waals surface area contributed by atoms with Gasteiger partial charge < -0.3 is 10.0 Å². The van der Waals surface area contributed by atoms with E-state index in [1.165, 1.54) is 5.56 Å². The number of hydrogen-bond acceptors (Lipinski definition) is 3. The van der Waals surface area contributed by atoms with Gasteiger partial charge in [0, 0.05) is 35.6 Å². The average Bonchev–Trinajstić information content (AvgIpc) is 3.09. The molecule has 0 spiro atoms. The lowest BCUT2D eigenvalue weighted by Crippen LogP contribution is -2.31. The van der Waals surface area contributed by atoms with Crippen LogP contribution in [-0.4, -0.2) is 34.7 Å². The summed E-state index contributed by atoms with van der Waals surface area (Å²) in [4.78, 5) is 15.4. The van der Waals surface area contributed by atoms with Gasteiger partial charge in [-0.05, 0) is 28.5 Å². The molecule has 166 valence electrons. The number of carbonyl (C=O) groups excluding carboxylic acids is 1. The van der Waals surface area contributed by atoms with E-state index in [9.17, 15) is 9.90 Å². The van der Waals surface area contributed by atoms with Crippen LogP contribution in [0.1, 0.15) is 80.9 Å². The van der Waals surface area contributed by atoms with Crippen molar-refractivity contribution in [2.24, 2.45) is 4.02 Å². The second-order valence-corrected chi connectivity index (χ2v) is 10.9. The third-order valence-electron chi connectivity index (χ3n) is 5.99. The molecule has 1 aliphatic heterocycles. The second kappa shape index (κ2) is 8.78. The highest BCUT2D eigenvalue weighted by Crippen LogP contribution is 2.40. The number of hydrogen-bond donors (Lipinski definition) is 1. The third-order valence-corrected chi connectivity index (χ3v) is 6.40. The smallest absolute Gasteiger partial charge is 0.182 e. The zero-order valence-electron chi connectivity index (χ0n) is 19.4. The van der Waals surface area contributed by atoms with Crippen LogP contribution in [0.4, 0.5) is 0 Å². The standard InChI is InChI=1S/C26H33BrN2O2/c1-25(2,3)20-12-18(13-21(24(20)31)26(4,5)6)22(30)16-29-15-19(14-23(29)28-27)17-10-8-7-9-11-17/h7-13,19,31H,14-16H2,1-6H3. The van der Waals surface area contributed by atoms with Crippen molar-refractivity contribution >= 4 is 27.8 Å². The van der Waals surface area contributed by atoms with E-state index in [1.807, 2.05) is 30.3 Å². The summed E-state index contributed by atoms with van der Waals surface area (Å²) in [7, 11) is 0. The number of carbonyl (C=O) groups is 1. The predicted octanol–water partition coefficient (Wildman–Crippen LogP) is 6.37. The Morgan fingerprint density at radius 3 is 2.10 bits per heavy atom. The highest BCUT2D eigenvalue weighted by atomic mass is 79.9. The van der Waals surface area contributed by atoms with Crippen LogP contribution < -0.4 is 0 Å². The fraction of sp³-hybridized carbons (Fsp3) is 0.462. The highest BCUT2D eigenvalue weighted by Gasteiger charge is 2.32. The molecule has 1 saturated heterocycles. The van der Waals surface area contributed by atoms with Gasteiger partial charge in [-0.2, -0.15) is 4.02 Å². The molecule has 3 rings (SSSR count). The van der Waals surface area contributed by atoms with Gasteiger partial charge in [0.05, 0.1) is 22.7 Å². The largest absolute Gasteiger partial charge is 0.507 e. The zero-order valence-corrected chi connectivity index (χ0v) is 21.0. The van der Waals surface area contributed by atoms with Crippen molar-refractivity contribution in [3.05, 3.63) is 64.7 Å². The fourth-order valence-corrected chi connectivity index (χ4v) is 4.55. The van der Waals surface area contributed by atoms with Crippen LogP contribution in [0.2, 0.25) is 0 Å². The Kier molecular flexibility index (Phi) is 6.66. The zero-order chi connectivity index (χ0) is 23.0. The molecule has 1 unspecified atom stereocenters. The van der Waals surface area contributed by atoms with Crippen molar-refractivity contribution in [2.45, 2.75) is 64.7 Å². The number of phenols is 1. The highest BCUT2D eigenvalue weighted by molar-refractivity contribution is 9.08. The summed E-state index contributed by atoms with van der Waals surface area (Å²) in [5.41, 5.74) is 2.98. The molecular formula is C26H33BrN2O2. The van der Waals surface area contributed by atoms with Gasteiger partial charge in [-0.25, -0.2) is 0 Å². The van der Waals surface area contributed by atoms with E-state index in [4.69, 9.17) is 0 Å². The van der Waals surface area contributed by atoms with E-state index >= 15 is 0 Å². The average molecular weight is 485 g/mol. The van der Waals surface area contributed by atoms with Gasteiger partial charge in [-0.1, -0.05) is 71.9 Å². The van der Waals surface area contributed by atoms with E-state index in [0.717, 1.165) is 29.9 Å². The molecule has 5 heteroatoms. The first-order valence-corrected chi connectivity index (χ1v) is 11.5. The predicted molar refractivity (Wildman–Crippen MR) is 132 cm³/mol. The molecule has 1 fully saturated rings. The van der Waals surface area contributed by atoms with E-state index in [2.05, 4.69) is 78.7 Å². The SMILES string of the molecule is CC(C)(C)c1cc(C(=O)CN2CC(c3ccccc3)CC2=NBr)cc(C(C)(C)C)c1O. The maximum atomic E-state index is 13.4. The summed E-state index contributed by atoms with van der Waals surface area (Å²) in [5.74, 6) is 1.55. The Morgan fingerprint density at radius 2 is 1.61 bits per heavy atom. The van der Waals surface area contributed by atoms with Crippen molar-refractivity contribution in [1.29, 1.82) is 0 Å². The van der Waals surface area contributed by atoms with Crippen LogP contribution in [0.3, 0.4) is 0 Å². The van der Waals surface area contributed by atoms with Crippen LogP contribution in [0, 0.1) is 0 Å². The van der Waals surface area contributed by atoms with E-state index in [0.29, 0.717) is 17.2 Å². The number of likely N-dealkylation sites (tertiary alicyclic amines) is 1. The number of Topliss-reactive ketones (excluding diaryl/α,β-unsaturated/α-hetero) is 1. The molecule has 31 heavy (non-hydrogen) atoms. The monoisotopic (exact) mass is 484 g/mol. The molecule has 0 amide bonds. The molecule has 0 aliphatic carbocycles. The van der Waals surface area contributed by atoms with Crippen LogP contribution in [0.15, 0.2) is 46.5 Å². The molecule has 0 aromatic heterocycles. The molecule has 0 radical (unpaired) electrons. The summed E-state index contributed by atoms with van der Waals surface area (Å²) < 4.78 is 4.28. The molecule has 0 bridgehead atoms. The molecular weight excluding hydrogens is 452 g/mol. The minimum Gasteiger partial charge on any atom is -0.507 e. The van der Waals surface area contributed by atoms with Gasteiger partial charge in [0.1, 0.15) is 11.6 Å². The van der Waals surface area contributed by atoms with Gasteiger partial charge in [-0.15, -0.1) is 0 Å². The number of aromatic hydroxyl groups is 1. The lowest BCUT2D eigenvalue weighted by atomic mass is 9.78. The molecule has 0 saturated carbocycles. The van der Waals surface area contributed by atoms with Gasteiger partial charge in [-0.3, -0.25) is 4.79 Å². The first-order valence-electron chi connectivity index (χ1n) is 10.8. The number of phenolic OH excluding ortho intramolecular Hbond substituents is 1. The van der Waals surface area contributed by atoms with Gasteiger partial charge >= 0.3 is 0 Å². The van der Waals surface area contributed by atoms with Crippen LogP contribution in [-0.2, 0) is 10.8 Å².